The predicted molar refractivity (Wildman–Crippen MR) is 32.7 cm³/mol. The van der Waals surface area contributed by atoms with Gasteiger partial charge in [-0.05, 0) is 5.92 Å². The van der Waals surface area contributed by atoms with Crippen LogP contribution in [0.15, 0.2) is 0 Å². The van der Waals surface area contributed by atoms with Crippen molar-refractivity contribution in [2.24, 2.45) is 0 Å². The van der Waals surface area contributed by atoms with Crippen LogP contribution in [0.4, 0.5) is 0 Å². The molecule has 9 heavy (non-hydrogen) atoms. The zero-order chi connectivity index (χ0) is 6.85. The lowest BCUT2D eigenvalue weighted by molar-refractivity contribution is 0.412. The number of hydrogen-bond donors (Lipinski definition) is 0. The van der Waals surface area contributed by atoms with Crippen molar-refractivity contribution >= 4 is 0 Å². The van der Waals surface area contributed by atoms with Crippen molar-refractivity contribution in [2.75, 3.05) is 14.1 Å². The summed E-state index contributed by atoms with van der Waals surface area (Å²) >= 11 is 0. The van der Waals surface area contributed by atoms with Crippen LogP contribution in [-0.2, 0) is 0 Å². The first-order valence-electron chi connectivity index (χ1n) is 2.62. The average molecular weight is 121 g/mol. The fourth-order valence-corrected chi connectivity index (χ4v) is 0.651. The van der Waals surface area contributed by atoms with Gasteiger partial charge in [-0.1, -0.05) is 0 Å². The summed E-state index contributed by atoms with van der Waals surface area (Å²) in [6.45, 7) is 0. The van der Waals surface area contributed by atoms with Crippen LogP contribution < -0.4 is 0 Å². The maximum atomic E-state index is 8.05. The molecule has 2 atom stereocenters. The number of nitrogens with zero attached hydrogens (tertiary/aromatic N) is 3. The molecule has 0 aromatic heterocycles. The Morgan fingerprint density at radius 3 is 2.22 bits per heavy atom. The Bertz CT molecular complexity index is 197. The fraction of sp³-hybridized carbons (Fsp3) is 0.500. The van der Waals surface area contributed by atoms with Crippen molar-refractivity contribution in [3.05, 3.63) is 0 Å². The van der Waals surface area contributed by atoms with Crippen molar-refractivity contribution in [2.45, 2.75) is 6.17 Å². The largest absolute Gasteiger partial charge is 0.213 e. The number of rotatable bonds is 0. The highest BCUT2D eigenvalue weighted by molar-refractivity contribution is 5.22. The lowest BCUT2D eigenvalue weighted by atomic mass is 10.5. The number of hydrazine groups is 1. The lowest BCUT2D eigenvalue weighted by Gasteiger charge is -1.77. The van der Waals surface area contributed by atoms with Crippen LogP contribution in [0.3, 0.4) is 0 Å². The van der Waals surface area contributed by atoms with Gasteiger partial charge in [-0.15, -0.1) is 0 Å². The van der Waals surface area contributed by atoms with E-state index in [1.54, 1.807) is 6.07 Å². The topological polar surface area (TPSA) is 29.8 Å². The fourth-order valence-electron chi connectivity index (χ4n) is 0.651. The monoisotopic (exact) mass is 121 g/mol. The Kier molecular flexibility index (Phi) is 1.40. The Morgan fingerprint density at radius 2 is 1.89 bits per heavy atom. The van der Waals surface area contributed by atoms with Crippen LogP contribution >= 0.6 is 0 Å². The van der Waals surface area contributed by atoms with Gasteiger partial charge in [0.15, 0.2) is 12.2 Å². The summed E-state index contributed by atoms with van der Waals surface area (Å²) in [6, 6.07) is 1.77. The van der Waals surface area contributed by atoms with Gasteiger partial charge in [-0.3, -0.25) is 0 Å². The Balaban J connectivity index is 2.44. The van der Waals surface area contributed by atoms with Crippen molar-refractivity contribution in [1.82, 2.24) is 10.0 Å². The summed E-state index contributed by atoms with van der Waals surface area (Å²) in [5.74, 6) is 5.09. The number of nitriles is 1. The molecule has 0 aliphatic carbocycles. The van der Waals surface area contributed by atoms with E-state index in [1.807, 2.05) is 24.1 Å². The molecule has 1 saturated heterocycles. The summed E-state index contributed by atoms with van der Waals surface area (Å²) < 4.78 is 0. The van der Waals surface area contributed by atoms with E-state index in [-0.39, 0.29) is 6.17 Å². The molecule has 1 rings (SSSR count). The Labute approximate surface area is 54.4 Å². The summed E-state index contributed by atoms with van der Waals surface area (Å²) in [5, 5.41) is 12.0. The van der Waals surface area contributed by atoms with Crippen LogP contribution in [-0.4, -0.2) is 30.3 Å². The summed E-state index contributed by atoms with van der Waals surface area (Å²) in [7, 11) is 3.85. The highest BCUT2D eigenvalue weighted by atomic mass is 15.8. The molecule has 1 aliphatic heterocycles. The van der Waals surface area contributed by atoms with Crippen LogP contribution in [0.2, 0.25) is 0 Å². The first-order valence-corrected chi connectivity index (χ1v) is 2.62. The molecule has 0 bridgehead atoms. The smallest absolute Gasteiger partial charge is 0.152 e. The molecule has 1 aliphatic rings. The minimum Gasteiger partial charge on any atom is -0.213 e. The van der Waals surface area contributed by atoms with Gasteiger partial charge in [0, 0.05) is 20.0 Å². The van der Waals surface area contributed by atoms with E-state index < -0.39 is 0 Å². The van der Waals surface area contributed by atoms with E-state index in [2.05, 4.69) is 11.8 Å². The van der Waals surface area contributed by atoms with Gasteiger partial charge in [0.25, 0.3) is 0 Å². The summed E-state index contributed by atoms with van der Waals surface area (Å²) in [4.78, 5) is 0. The third-order valence-electron chi connectivity index (χ3n) is 1.41. The van der Waals surface area contributed by atoms with E-state index in [0.717, 1.165) is 0 Å². The van der Waals surface area contributed by atoms with Gasteiger partial charge >= 0.3 is 0 Å². The van der Waals surface area contributed by atoms with E-state index in [4.69, 9.17) is 5.26 Å². The van der Waals surface area contributed by atoms with Crippen LogP contribution in [0.1, 0.15) is 0 Å². The van der Waals surface area contributed by atoms with Gasteiger partial charge in [0.05, 0.1) is 0 Å². The van der Waals surface area contributed by atoms with Crippen molar-refractivity contribution in [1.29, 1.82) is 5.26 Å². The zero-order valence-electron chi connectivity index (χ0n) is 5.42. The van der Waals surface area contributed by atoms with Gasteiger partial charge < -0.3 is 0 Å². The van der Waals surface area contributed by atoms with E-state index in [9.17, 15) is 0 Å². The van der Waals surface area contributed by atoms with Gasteiger partial charge in [-0.25, -0.2) is 10.0 Å². The molecule has 1 heterocycles. The standard InChI is InChI=1S/C6H7N3/c1-8-6(9(8)2)4-3-5-7/h6H,1-2H3. The highest BCUT2D eigenvalue weighted by Crippen LogP contribution is 2.17. The molecule has 0 N–H and O–H groups in total. The second-order valence-corrected chi connectivity index (χ2v) is 1.90. The average Bonchev–Trinajstić information content (AvgIpc) is 2.39. The van der Waals surface area contributed by atoms with Crippen LogP contribution in [0.25, 0.3) is 0 Å². The first kappa shape index (κ1) is 6.10. The van der Waals surface area contributed by atoms with Gasteiger partial charge in [0.1, 0.15) is 0 Å². The molecule has 0 aromatic rings. The van der Waals surface area contributed by atoms with E-state index in [1.165, 1.54) is 0 Å². The molecule has 0 radical (unpaired) electrons. The van der Waals surface area contributed by atoms with Crippen LogP contribution in [0, 0.1) is 23.2 Å². The SMILES string of the molecule is CN1C(C#CC#N)N1C. The summed E-state index contributed by atoms with van der Waals surface area (Å²) in [6.07, 6.45) is 0.171. The molecule has 0 amide bonds. The molecule has 0 saturated carbocycles. The molecular weight excluding hydrogens is 114 g/mol. The molecule has 46 valence electrons. The second-order valence-electron chi connectivity index (χ2n) is 1.90. The number of hydrogen-bond acceptors (Lipinski definition) is 3. The molecule has 0 spiro atoms. The Hall–Kier alpha value is -1.03. The third-order valence-corrected chi connectivity index (χ3v) is 1.41. The lowest BCUT2D eigenvalue weighted by Crippen LogP contribution is -1.91. The third kappa shape index (κ3) is 1.02. The van der Waals surface area contributed by atoms with E-state index >= 15 is 0 Å². The van der Waals surface area contributed by atoms with Crippen molar-refractivity contribution in [3.63, 3.8) is 0 Å². The molecular formula is C6H7N3. The van der Waals surface area contributed by atoms with E-state index in [0.29, 0.717) is 0 Å². The minimum atomic E-state index is 0.171. The van der Waals surface area contributed by atoms with Crippen molar-refractivity contribution in [3.8, 4) is 17.9 Å². The maximum absolute atomic E-state index is 8.05. The molecule has 3 nitrogen and oxygen atoms in total. The van der Waals surface area contributed by atoms with Crippen molar-refractivity contribution < 1.29 is 0 Å². The highest BCUT2D eigenvalue weighted by Gasteiger charge is 2.36. The summed E-state index contributed by atoms with van der Waals surface area (Å²) in [5.41, 5.74) is 0. The quantitative estimate of drug-likeness (QED) is 0.323. The second kappa shape index (κ2) is 2.06. The Morgan fingerprint density at radius 1 is 1.33 bits per heavy atom. The van der Waals surface area contributed by atoms with Gasteiger partial charge in [-0.2, -0.15) is 5.26 Å². The van der Waals surface area contributed by atoms with Gasteiger partial charge in [0.2, 0.25) is 0 Å². The molecule has 0 aromatic carbocycles. The normalized spacial score (nSPS) is 38.1. The molecule has 2 unspecified atom stereocenters. The van der Waals surface area contributed by atoms with Crippen LogP contribution in [0.5, 0.6) is 0 Å². The maximum Gasteiger partial charge on any atom is 0.152 e. The minimum absolute atomic E-state index is 0.171. The first-order chi connectivity index (χ1) is 4.27. The molecule has 1 fully saturated rings. The molecule has 3 heteroatoms. The zero-order valence-corrected chi connectivity index (χ0v) is 5.42. The predicted octanol–water partition coefficient (Wildman–Crippen LogP) is -0.368.